The van der Waals surface area contributed by atoms with Crippen molar-refractivity contribution in [2.24, 2.45) is 0 Å². The van der Waals surface area contributed by atoms with Crippen molar-refractivity contribution in [1.29, 1.82) is 0 Å². The van der Waals surface area contributed by atoms with Gasteiger partial charge in [-0.2, -0.15) is 21.6 Å². The van der Waals surface area contributed by atoms with Crippen molar-refractivity contribution in [3.8, 4) is 0 Å². The summed E-state index contributed by atoms with van der Waals surface area (Å²) < 4.78 is 64.5. The fourth-order valence-electron chi connectivity index (χ4n) is 2.10. The molecule has 0 bridgehead atoms. The molecule has 0 atom stereocenters. The molecule has 3 rings (SSSR count). The van der Waals surface area contributed by atoms with Crippen LogP contribution < -0.4 is 10.0 Å². The minimum atomic E-state index is -4.62. The predicted octanol–water partition coefficient (Wildman–Crippen LogP) is 4.26. The molecule has 7 nitrogen and oxygen atoms in total. The monoisotopic (exact) mass is 462 g/mol. The Morgan fingerprint density at radius 1 is 1.07 bits per heavy atom. The van der Waals surface area contributed by atoms with Crippen LogP contribution in [0.25, 0.3) is 0 Å². The summed E-state index contributed by atoms with van der Waals surface area (Å²) in [6, 6.07) is 9.64. The van der Waals surface area contributed by atoms with Gasteiger partial charge in [0, 0.05) is 16.3 Å². The molecular formula is C16H10ClF3N4O3S2. The number of carbonyl (C=O) groups is 1. The first-order valence-corrected chi connectivity index (χ1v) is 10.3. The average molecular weight is 463 g/mol. The second-order valence-electron chi connectivity index (χ2n) is 5.52. The molecule has 0 radical (unpaired) electrons. The van der Waals surface area contributed by atoms with Crippen molar-refractivity contribution in [2.45, 2.75) is 10.5 Å². The highest BCUT2D eigenvalue weighted by molar-refractivity contribution is 7.94. The molecule has 0 saturated carbocycles. The van der Waals surface area contributed by atoms with Crippen LogP contribution in [0.5, 0.6) is 0 Å². The van der Waals surface area contributed by atoms with Crippen LogP contribution in [0.1, 0.15) is 15.9 Å². The number of alkyl halides is 3. The molecule has 0 aliphatic rings. The van der Waals surface area contributed by atoms with E-state index in [-0.39, 0.29) is 16.4 Å². The number of hydrogen-bond acceptors (Lipinski definition) is 6. The van der Waals surface area contributed by atoms with E-state index in [0.29, 0.717) is 22.4 Å². The summed E-state index contributed by atoms with van der Waals surface area (Å²) in [7, 11) is -4.30. The SMILES string of the molecule is O=C(Nc1nnc(S(=O)(=O)Nc2cccc(C(F)(F)F)c2)s1)c1ccc(Cl)cc1. The van der Waals surface area contributed by atoms with E-state index in [9.17, 15) is 26.4 Å². The molecule has 0 saturated heterocycles. The van der Waals surface area contributed by atoms with Gasteiger partial charge < -0.3 is 0 Å². The zero-order valence-electron chi connectivity index (χ0n) is 14.1. The number of aromatic nitrogens is 2. The molecule has 1 aromatic heterocycles. The summed E-state index contributed by atoms with van der Waals surface area (Å²) in [6.45, 7) is 0. The van der Waals surface area contributed by atoms with Crippen LogP contribution in [0.2, 0.25) is 5.02 Å². The van der Waals surface area contributed by atoms with Crippen molar-refractivity contribution in [2.75, 3.05) is 10.0 Å². The number of nitrogens with one attached hydrogen (secondary N) is 2. The maximum atomic E-state index is 12.8. The number of nitrogens with zero attached hydrogens (tertiary/aromatic N) is 2. The van der Waals surface area contributed by atoms with E-state index in [1.165, 1.54) is 24.3 Å². The van der Waals surface area contributed by atoms with Gasteiger partial charge in [-0.15, -0.1) is 10.2 Å². The molecule has 152 valence electrons. The van der Waals surface area contributed by atoms with Gasteiger partial charge in [-0.05, 0) is 42.5 Å². The number of amides is 1. The molecule has 1 amide bonds. The number of carbonyl (C=O) groups excluding carboxylic acids is 1. The highest BCUT2D eigenvalue weighted by Crippen LogP contribution is 2.31. The zero-order valence-corrected chi connectivity index (χ0v) is 16.5. The molecule has 1 heterocycles. The zero-order chi connectivity index (χ0) is 21.2. The number of anilines is 2. The third kappa shape index (κ3) is 5.22. The minimum Gasteiger partial charge on any atom is -0.296 e. The first-order valence-electron chi connectivity index (χ1n) is 7.65. The largest absolute Gasteiger partial charge is 0.416 e. The summed E-state index contributed by atoms with van der Waals surface area (Å²) >= 11 is 6.29. The first-order chi connectivity index (χ1) is 13.5. The summed E-state index contributed by atoms with van der Waals surface area (Å²) in [5.74, 6) is -0.562. The lowest BCUT2D eigenvalue weighted by Gasteiger charge is -2.09. The van der Waals surface area contributed by atoms with Gasteiger partial charge in [-0.3, -0.25) is 14.8 Å². The van der Waals surface area contributed by atoms with E-state index in [4.69, 9.17) is 11.6 Å². The van der Waals surface area contributed by atoms with Gasteiger partial charge in [0.05, 0.1) is 5.56 Å². The van der Waals surface area contributed by atoms with Crippen molar-refractivity contribution in [1.82, 2.24) is 10.2 Å². The van der Waals surface area contributed by atoms with Crippen molar-refractivity contribution in [3.05, 3.63) is 64.7 Å². The van der Waals surface area contributed by atoms with E-state index in [0.717, 1.165) is 18.2 Å². The summed E-state index contributed by atoms with van der Waals surface area (Å²) in [6.07, 6.45) is -4.62. The fraction of sp³-hybridized carbons (Fsp3) is 0.0625. The molecule has 13 heteroatoms. The van der Waals surface area contributed by atoms with Gasteiger partial charge in [0.1, 0.15) is 0 Å². The third-order valence-electron chi connectivity index (χ3n) is 3.41. The lowest BCUT2D eigenvalue weighted by molar-refractivity contribution is -0.137. The highest BCUT2D eigenvalue weighted by atomic mass is 35.5. The molecule has 0 aliphatic heterocycles. The Kier molecular flexibility index (Phi) is 5.78. The second-order valence-corrected chi connectivity index (χ2v) is 8.79. The molecule has 29 heavy (non-hydrogen) atoms. The lowest BCUT2D eigenvalue weighted by atomic mass is 10.2. The topological polar surface area (TPSA) is 101 Å². The van der Waals surface area contributed by atoms with Crippen LogP contribution >= 0.6 is 22.9 Å². The van der Waals surface area contributed by atoms with E-state index in [1.807, 2.05) is 4.72 Å². The van der Waals surface area contributed by atoms with Crippen molar-refractivity contribution >= 4 is 49.7 Å². The molecular weight excluding hydrogens is 453 g/mol. The molecule has 2 aromatic carbocycles. The van der Waals surface area contributed by atoms with Crippen LogP contribution in [0.3, 0.4) is 0 Å². The van der Waals surface area contributed by atoms with Crippen molar-refractivity contribution < 1.29 is 26.4 Å². The number of benzene rings is 2. The quantitative estimate of drug-likeness (QED) is 0.552. The van der Waals surface area contributed by atoms with E-state index in [1.54, 1.807) is 0 Å². The van der Waals surface area contributed by atoms with Gasteiger partial charge >= 0.3 is 6.18 Å². The van der Waals surface area contributed by atoms with Gasteiger partial charge in [-0.25, -0.2) is 0 Å². The molecule has 0 spiro atoms. The van der Waals surface area contributed by atoms with Crippen LogP contribution in [0.4, 0.5) is 24.0 Å². The second kappa shape index (κ2) is 7.97. The summed E-state index contributed by atoms with van der Waals surface area (Å²) in [5.41, 5.74) is -1.04. The number of rotatable bonds is 5. The van der Waals surface area contributed by atoms with Gasteiger partial charge in [0.15, 0.2) is 0 Å². The van der Waals surface area contributed by atoms with Gasteiger partial charge in [0.25, 0.3) is 20.3 Å². The van der Waals surface area contributed by atoms with Crippen molar-refractivity contribution in [3.63, 3.8) is 0 Å². The van der Waals surface area contributed by atoms with E-state index in [2.05, 4.69) is 15.5 Å². The Hall–Kier alpha value is -2.70. The van der Waals surface area contributed by atoms with Gasteiger partial charge in [0.2, 0.25) is 5.13 Å². The van der Waals surface area contributed by atoms with Crippen LogP contribution in [-0.2, 0) is 16.2 Å². The third-order valence-corrected chi connectivity index (χ3v) is 6.24. The lowest BCUT2D eigenvalue weighted by Crippen LogP contribution is -2.14. The molecule has 2 N–H and O–H groups in total. The highest BCUT2D eigenvalue weighted by Gasteiger charge is 2.31. The van der Waals surface area contributed by atoms with Gasteiger partial charge in [-0.1, -0.05) is 29.0 Å². The maximum absolute atomic E-state index is 12.8. The first kappa shape index (κ1) is 21.0. The summed E-state index contributed by atoms with van der Waals surface area (Å²) in [4.78, 5) is 12.1. The Labute approximate surface area is 171 Å². The fourth-order valence-corrected chi connectivity index (χ4v) is 4.17. The summed E-state index contributed by atoms with van der Waals surface area (Å²) in [5, 5.41) is 9.77. The Morgan fingerprint density at radius 3 is 2.41 bits per heavy atom. The smallest absolute Gasteiger partial charge is 0.296 e. The Bertz CT molecular complexity index is 1150. The minimum absolute atomic E-state index is 0.102. The predicted molar refractivity (Wildman–Crippen MR) is 102 cm³/mol. The average Bonchev–Trinajstić information content (AvgIpc) is 3.11. The van der Waals surface area contributed by atoms with Crippen LogP contribution in [-0.4, -0.2) is 24.5 Å². The molecule has 3 aromatic rings. The van der Waals surface area contributed by atoms with Crippen LogP contribution in [0, 0.1) is 0 Å². The number of halogens is 4. The van der Waals surface area contributed by atoms with E-state index < -0.39 is 32.0 Å². The van der Waals surface area contributed by atoms with E-state index >= 15 is 0 Å². The Morgan fingerprint density at radius 2 is 1.76 bits per heavy atom. The normalized spacial score (nSPS) is 11.9. The molecule has 0 aliphatic carbocycles. The number of hydrogen-bond donors (Lipinski definition) is 2. The Balaban J connectivity index is 1.75. The number of sulfonamides is 1. The standard InChI is InChI=1S/C16H10ClF3N4O3S2/c17-11-6-4-9(5-7-11)13(25)21-14-22-23-15(28-14)29(26,27)24-12-3-1-2-10(8-12)16(18,19)20/h1-8,24H,(H,21,22,25). The van der Waals surface area contributed by atoms with Crippen LogP contribution in [0.15, 0.2) is 52.9 Å². The molecule has 0 fully saturated rings. The molecule has 0 unspecified atom stereocenters. The maximum Gasteiger partial charge on any atom is 0.416 e.